The quantitative estimate of drug-likeness (QED) is 0.194. The average molecular weight is 610 g/mol. The van der Waals surface area contributed by atoms with E-state index in [0.29, 0.717) is 36.0 Å². The zero-order chi connectivity index (χ0) is 26.1. The lowest BCUT2D eigenvalue weighted by Gasteiger charge is -2.20. The number of nitrogens with zero attached hydrogens (tertiary/aromatic N) is 2. The second-order valence-corrected chi connectivity index (χ2v) is 14.3. The molecule has 0 saturated heterocycles. The molecule has 0 spiro atoms. The van der Waals surface area contributed by atoms with E-state index in [1.54, 1.807) is 23.9 Å². The Labute approximate surface area is 228 Å². The molecule has 0 fully saturated rings. The number of fused-ring (bicyclic) bond motifs is 2. The molecule has 1 aromatic heterocycles. The van der Waals surface area contributed by atoms with Gasteiger partial charge in [0.25, 0.3) is 15.1 Å². The summed E-state index contributed by atoms with van der Waals surface area (Å²) in [6, 6.07) is 11.1. The standard InChI is InChI=1S/C22H22Cl2N2O6S4/c23-15-4-6-19-17(12-15)25(8-1-2-10-35(27,28)29)21(33-19)14-22-26(9-3-11-36(30,31)32)18-13-16(24)5-7-20(18)34-22/h4-7,12-14H,1-3,8-11H2,(H-,27,28,29,30,31,32). The number of aryl methyl sites for hydroxylation is 1. The molecule has 2 aromatic carbocycles. The molecule has 0 unspecified atom stereocenters. The monoisotopic (exact) mass is 608 g/mol. The van der Waals surface area contributed by atoms with Crippen molar-refractivity contribution in [3.05, 3.63) is 56.5 Å². The van der Waals surface area contributed by atoms with Crippen LogP contribution in [0.4, 0.5) is 5.69 Å². The molecule has 0 radical (unpaired) electrons. The molecule has 0 saturated carbocycles. The first kappa shape index (κ1) is 27.6. The second kappa shape index (κ2) is 11.2. The molecule has 14 heteroatoms. The Morgan fingerprint density at radius 1 is 1.00 bits per heavy atom. The second-order valence-electron chi connectivity index (χ2n) is 8.16. The van der Waals surface area contributed by atoms with Gasteiger partial charge in [-0.25, -0.2) is 8.42 Å². The lowest BCUT2D eigenvalue weighted by atomic mass is 10.2. The van der Waals surface area contributed by atoms with Crippen LogP contribution in [-0.2, 0) is 26.8 Å². The van der Waals surface area contributed by atoms with Crippen molar-refractivity contribution in [3.63, 3.8) is 0 Å². The summed E-state index contributed by atoms with van der Waals surface area (Å²) < 4.78 is 67.7. The van der Waals surface area contributed by atoms with Crippen molar-refractivity contribution < 1.29 is 30.5 Å². The molecular weight excluding hydrogens is 587 g/mol. The maximum atomic E-state index is 11.2. The van der Waals surface area contributed by atoms with Crippen LogP contribution in [0.2, 0.25) is 10.0 Å². The molecule has 4 rings (SSSR count). The Morgan fingerprint density at radius 3 is 2.44 bits per heavy atom. The Kier molecular flexibility index (Phi) is 8.57. The highest BCUT2D eigenvalue weighted by atomic mass is 35.5. The van der Waals surface area contributed by atoms with Crippen molar-refractivity contribution in [2.24, 2.45) is 0 Å². The summed E-state index contributed by atoms with van der Waals surface area (Å²) in [5.74, 6) is -0.776. The fourth-order valence-corrected chi connectivity index (χ4v) is 7.55. The van der Waals surface area contributed by atoms with Gasteiger partial charge < -0.3 is 9.45 Å². The summed E-state index contributed by atoms with van der Waals surface area (Å²) >= 11 is 15.5. The molecule has 8 nitrogen and oxygen atoms in total. The normalized spacial score (nSPS) is 15.2. The SMILES string of the molecule is O=S(=O)([O-])CCC[n+]1c(C=C2Sc3ccc(Cl)cc3N2CCCCS(=O)(=O)O)sc2ccc(Cl)cc21. The fourth-order valence-electron chi connectivity index (χ4n) is 3.88. The largest absolute Gasteiger partial charge is 0.748 e. The summed E-state index contributed by atoms with van der Waals surface area (Å²) in [6.07, 6.45) is 2.97. The highest BCUT2D eigenvalue weighted by Crippen LogP contribution is 2.48. The number of rotatable bonds is 10. The smallest absolute Gasteiger partial charge is 0.265 e. The molecule has 0 amide bonds. The minimum Gasteiger partial charge on any atom is -0.748 e. The minimum atomic E-state index is -4.33. The number of halogens is 2. The van der Waals surface area contributed by atoms with Crippen LogP contribution in [0.3, 0.4) is 0 Å². The van der Waals surface area contributed by atoms with Gasteiger partial charge in [0.05, 0.1) is 32.7 Å². The summed E-state index contributed by atoms with van der Waals surface area (Å²) in [5.41, 5.74) is 1.74. The van der Waals surface area contributed by atoms with Crippen LogP contribution in [0.25, 0.3) is 16.3 Å². The number of aromatic nitrogens is 1. The summed E-state index contributed by atoms with van der Waals surface area (Å²) in [4.78, 5) is 3.05. The highest BCUT2D eigenvalue weighted by molar-refractivity contribution is 8.04. The topological polar surface area (TPSA) is 119 Å². The van der Waals surface area contributed by atoms with Gasteiger partial charge in [0.15, 0.2) is 6.54 Å². The average Bonchev–Trinajstić information content (AvgIpc) is 3.27. The van der Waals surface area contributed by atoms with E-state index in [0.717, 1.165) is 30.8 Å². The van der Waals surface area contributed by atoms with E-state index < -0.39 is 26.0 Å². The van der Waals surface area contributed by atoms with Crippen molar-refractivity contribution in [1.29, 1.82) is 0 Å². The lowest BCUT2D eigenvalue weighted by Crippen LogP contribution is -2.36. The Bertz CT molecular complexity index is 1540. The minimum absolute atomic E-state index is 0.160. The first-order chi connectivity index (χ1) is 16.9. The van der Waals surface area contributed by atoms with E-state index in [1.807, 2.05) is 34.9 Å². The van der Waals surface area contributed by atoms with Crippen LogP contribution in [0, 0.1) is 0 Å². The van der Waals surface area contributed by atoms with E-state index in [-0.39, 0.29) is 12.2 Å². The summed E-state index contributed by atoms with van der Waals surface area (Å²) in [5, 5.41) is 2.85. The molecule has 0 atom stereocenters. The fraction of sp³-hybridized carbons (Fsp3) is 0.318. The zero-order valence-electron chi connectivity index (χ0n) is 18.8. The van der Waals surface area contributed by atoms with E-state index >= 15 is 0 Å². The predicted octanol–water partition coefficient (Wildman–Crippen LogP) is 5.01. The van der Waals surface area contributed by atoms with Crippen LogP contribution < -0.4 is 9.47 Å². The van der Waals surface area contributed by atoms with Crippen LogP contribution in [0.1, 0.15) is 24.3 Å². The van der Waals surface area contributed by atoms with E-state index in [9.17, 15) is 21.4 Å². The molecule has 0 bridgehead atoms. The first-order valence-electron chi connectivity index (χ1n) is 10.9. The molecule has 1 aliphatic rings. The third-order valence-electron chi connectivity index (χ3n) is 5.44. The number of thioether (sulfide) groups is 1. The summed E-state index contributed by atoms with van der Waals surface area (Å²) in [6.45, 7) is 0.825. The van der Waals surface area contributed by atoms with Crippen molar-refractivity contribution in [2.75, 3.05) is 23.0 Å². The van der Waals surface area contributed by atoms with Crippen molar-refractivity contribution >= 4 is 88.5 Å². The number of thiazole rings is 1. The number of unbranched alkanes of at least 4 members (excludes halogenated alkanes) is 1. The number of hydrogen-bond acceptors (Lipinski definition) is 8. The van der Waals surface area contributed by atoms with Gasteiger partial charge in [-0.1, -0.05) is 46.3 Å². The van der Waals surface area contributed by atoms with Gasteiger partial charge in [0, 0.05) is 39.7 Å². The van der Waals surface area contributed by atoms with Crippen LogP contribution in [0.5, 0.6) is 0 Å². The van der Waals surface area contributed by atoms with Gasteiger partial charge in [-0.05, 0) is 43.2 Å². The van der Waals surface area contributed by atoms with Gasteiger partial charge in [-0.3, -0.25) is 4.55 Å². The molecule has 194 valence electrons. The van der Waals surface area contributed by atoms with Gasteiger partial charge in [-0.15, -0.1) is 0 Å². The molecule has 1 N–H and O–H groups in total. The number of anilines is 1. The highest BCUT2D eigenvalue weighted by Gasteiger charge is 2.28. The molecular formula is C22H22Cl2N2O6S4. The molecule has 0 aliphatic carbocycles. The van der Waals surface area contributed by atoms with E-state index in [4.69, 9.17) is 27.8 Å². The Hall–Kier alpha value is -1.38. The maximum absolute atomic E-state index is 11.2. The molecule has 2 heterocycles. The van der Waals surface area contributed by atoms with Crippen molar-refractivity contribution in [2.45, 2.75) is 30.7 Å². The lowest BCUT2D eigenvalue weighted by molar-refractivity contribution is -0.668. The van der Waals surface area contributed by atoms with Gasteiger partial charge in [0.2, 0.25) is 5.52 Å². The molecule has 3 aromatic rings. The van der Waals surface area contributed by atoms with E-state index in [2.05, 4.69) is 4.90 Å². The predicted molar refractivity (Wildman–Crippen MR) is 144 cm³/mol. The summed E-state index contributed by atoms with van der Waals surface area (Å²) in [7, 11) is -8.36. The maximum Gasteiger partial charge on any atom is 0.265 e. The molecule has 1 aliphatic heterocycles. The van der Waals surface area contributed by atoms with Gasteiger partial charge in [-0.2, -0.15) is 13.0 Å². The van der Waals surface area contributed by atoms with Crippen molar-refractivity contribution in [1.82, 2.24) is 0 Å². The van der Waals surface area contributed by atoms with Gasteiger partial charge in [0.1, 0.15) is 4.70 Å². The number of benzene rings is 2. The third kappa shape index (κ3) is 7.13. The van der Waals surface area contributed by atoms with Crippen LogP contribution in [0.15, 0.2) is 46.3 Å². The molecule has 36 heavy (non-hydrogen) atoms. The van der Waals surface area contributed by atoms with Crippen molar-refractivity contribution in [3.8, 4) is 0 Å². The van der Waals surface area contributed by atoms with Gasteiger partial charge >= 0.3 is 0 Å². The Morgan fingerprint density at radius 2 is 1.72 bits per heavy atom. The van der Waals surface area contributed by atoms with Crippen LogP contribution in [-0.4, -0.2) is 44.0 Å². The first-order valence-corrected chi connectivity index (χ1v) is 16.4. The van der Waals surface area contributed by atoms with E-state index in [1.165, 1.54) is 11.3 Å². The number of hydrogen-bond donors (Lipinski definition) is 1. The zero-order valence-corrected chi connectivity index (χ0v) is 23.5. The van der Waals surface area contributed by atoms with Crippen LogP contribution >= 0.6 is 46.3 Å². The Balaban J connectivity index is 1.69. The third-order valence-corrected chi connectivity index (χ3v) is 9.73.